The zero-order chi connectivity index (χ0) is 7.03. The standard InChI is InChI=1S/C7H14N2O/c8-7-4-9-3-6(7)1-2-10-5-7/h6,9H,1-5,8H2/t6-,7-/m0/s1. The minimum Gasteiger partial charge on any atom is -0.379 e. The van der Waals surface area contributed by atoms with Gasteiger partial charge in [0.2, 0.25) is 0 Å². The second-order valence-corrected chi connectivity index (χ2v) is 3.40. The van der Waals surface area contributed by atoms with E-state index in [4.69, 9.17) is 10.5 Å². The molecule has 0 spiro atoms. The summed E-state index contributed by atoms with van der Waals surface area (Å²) in [5.74, 6) is 0.654. The van der Waals surface area contributed by atoms with Crippen molar-refractivity contribution in [1.29, 1.82) is 0 Å². The van der Waals surface area contributed by atoms with Gasteiger partial charge in [-0.25, -0.2) is 0 Å². The molecule has 0 radical (unpaired) electrons. The van der Waals surface area contributed by atoms with Gasteiger partial charge in [0, 0.05) is 19.7 Å². The molecule has 3 N–H and O–H groups in total. The van der Waals surface area contributed by atoms with Crippen LogP contribution in [0.5, 0.6) is 0 Å². The Morgan fingerprint density at radius 3 is 3.30 bits per heavy atom. The Hall–Kier alpha value is -0.120. The van der Waals surface area contributed by atoms with Gasteiger partial charge in [-0.1, -0.05) is 0 Å². The Kier molecular flexibility index (Phi) is 1.44. The first-order chi connectivity index (χ1) is 4.81. The largest absolute Gasteiger partial charge is 0.379 e. The minimum atomic E-state index is -0.0434. The van der Waals surface area contributed by atoms with Gasteiger partial charge < -0.3 is 15.8 Å². The lowest BCUT2D eigenvalue weighted by Crippen LogP contribution is -2.54. The first-order valence-electron chi connectivity index (χ1n) is 3.89. The van der Waals surface area contributed by atoms with Gasteiger partial charge in [0.1, 0.15) is 0 Å². The van der Waals surface area contributed by atoms with Gasteiger partial charge in [0.25, 0.3) is 0 Å². The lowest BCUT2D eigenvalue weighted by atomic mass is 9.85. The molecule has 0 saturated carbocycles. The summed E-state index contributed by atoms with van der Waals surface area (Å²) in [6.07, 6.45) is 1.13. The molecular weight excluding hydrogens is 128 g/mol. The van der Waals surface area contributed by atoms with E-state index in [0.717, 1.165) is 32.7 Å². The highest BCUT2D eigenvalue weighted by Gasteiger charge is 2.41. The number of ether oxygens (including phenoxy) is 1. The molecule has 3 heteroatoms. The fraction of sp³-hybridized carbons (Fsp3) is 1.00. The van der Waals surface area contributed by atoms with Crippen LogP contribution >= 0.6 is 0 Å². The second-order valence-electron chi connectivity index (χ2n) is 3.40. The molecule has 0 aromatic heterocycles. The van der Waals surface area contributed by atoms with Crippen molar-refractivity contribution in [3.8, 4) is 0 Å². The van der Waals surface area contributed by atoms with Crippen molar-refractivity contribution < 1.29 is 4.74 Å². The molecule has 2 aliphatic heterocycles. The second kappa shape index (κ2) is 2.19. The lowest BCUT2D eigenvalue weighted by molar-refractivity contribution is 0.0203. The van der Waals surface area contributed by atoms with E-state index in [1.807, 2.05) is 0 Å². The number of nitrogens with one attached hydrogen (secondary N) is 1. The molecule has 0 aliphatic carbocycles. The smallest absolute Gasteiger partial charge is 0.0661 e. The maximum atomic E-state index is 6.08. The van der Waals surface area contributed by atoms with E-state index < -0.39 is 0 Å². The van der Waals surface area contributed by atoms with E-state index in [2.05, 4.69) is 5.32 Å². The SMILES string of the molecule is N[C@]12CNC[C@@H]1CCOC2. The van der Waals surface area contributed by atoms with Gasteiger partial charge in [-0.3, -0.25) is 0 Å². The van der Waals surface area contributed by atoms with Crippen molar-refractivity contribution in [1.82, 2.24) is 5.32 Å². The summed E-state index contributed by atoms with van der Waals surface area (Å²) in [5, 5.41) is 3.30. The molecule has 2 aliphatic rings. The Labute approximate surface area is 60.9 Å². The van der Waals surface area contributed by atoms with Gasteiger partial charge in [-0.05, 0) is 12.3 Å². The fourth-order valence-electron chi connectivity index (χ4n) is 1.87. The molecule has 2 heterocycles. The summed E-state index contributed by atoms with van der Waals surface area (Å²) in [6, 6.07) is 0. The molecule has 3 nitrogen and oxygen atoms in total. The van der Waals surface area contributed by atoms with Crippen LogP contribution in [0.3, 0.4) is 0 Å². The highest BCUT2D eigenvalue weighted by atomic mass is 16.5. The van der Waals surface area contributed by atoms with Crippen molar-refractivity contribution in [3.05, 3.63) is 0 Å². The maximum absolute atomic E-state index is 6.08. The van der Waals surface area contributed by atoms with Gasteiger partial charge >= 0.3 is 0 Å². The van der Waals surface area contributed by atoms with Crippen molar-refractivity contribution in [3.63, 3.8) is 0 Å². The van der Waals surface area contributed by atoms with Crippen molar-refractivity contribution in [2.24, 2.45) is 11.7 Å². The molecule has 0 aromatic carbocycles. The maximum Gasteiger partial charge on any atom is 0.0661 e. The van der Waals surface area contributed by atoms with Crippen molar-refractivity contribution in [2.75, 3.05) is 26.3 Å². The zero-order valence-electron chi connectivity index (χ0n) is 6.10. The van der Waals surface area contributed by atoms with Gasteiger partial charge in [0.05, 0.1) is 12.1 Å². The van der Waals surface area contributed by atoms with Crippen LogP contribution in [0, 0.1) is 5.92 Å². The molecule has 2 fully saturated rings. The van der Waals surface area contributed by atoms with E-state index in [9.17, 15) is 0 Å². The Bertz CT molecular complexity index is 140. The number of hydrogen-bond donors (Lipinski definition) is 2. The summed E-state index contributed by atoms with van der Waals surface area (Å²) in [4.78, 5) is 0. The van der Waals surface area contributed by atoms with E-state index in [1.54, 1.807) is 0 Å². The van der Waals surface area contributed by atoms with Crippen LogP contribution in [0.15, 0.2) is 0 Å². The highest BCUT2D eigenvalue weighted by molar-refractivity contribution is 5.01. The minimum absolute atomic E-state index is 0.0434. The van der Waals surface area contributed by atoms with E-state index in [0.29, 0.717) is 5.92 Å². The summed E-state index contributed by atoms with van der Waals surface area (Å²) in [6.45, 7) is 3.65. The summed E-state index contributed by atoms with van der Waals surface area (Å²) < 4.78 is 5.32. The van der Waals surface area contributed by atoms with Crippen LogP contribution in [0.25, 0.3) is 0 Å². The predicted octanol–water partition coefficient (Wildman–Crippen LogP) is -0.676. The lowest BCUT2D eigenvalue weighted by Gasteiger charge is -2.34. The summed E-state index contributed by atoms with van der Waals surface area (Å²) in [7, 11) is 0. The van der Waals surface area contributed by atoms with Crippen LogP contribution in [-0.4, -0.2) is 31.8 Å². The summed E-state index contributed by atoms with van der Waals surface area (Å²) >= 11 is 0. The van der Waals surface area contributed by atoms with Crippen molar-refractivity contribution >= 4 is 0 Å². The van der Waals surface area contributed by atoms with E-state index in [-0.39, 0.29) is 5.54 Å². The quantitative estimate of drug-likeness (QED) is 0.471. The van der Waals surface area contributed by atoms with Gasteiger partial charge in [-0.2, -0.15) is 0 Å². The van der Waals surface area contributed by atoms with Crippen LogP contribution in [0.2, 0.25) is 0 Å². The molecule has 10 heavy (non-hydrogen) atoms. The Morgan fingerprint density at radius 1 is 1.60 bits per heavy atom. The zero-order valence-corrected chi connectivity index (χ0v) is 6.10. The molecule has 58 valence electrons. The van der Waals surface area contributed by atoms with Crippen LogP contribution in [0.1, 0.15) is 6.42 Å². The Balaban J connectivity index is 2.10. The first-order valence-corrected chi connectivity index (χ1v) is 3.89. The van der Waals surface area contributed by atoms with E-state index >= 15 is 0 Å². The molecule has 2 saturated heterocycles. The average molecular weight is 142 g/mol. The third-order valence-electron chi connectivity index (χ3n) is 2.64. The van der Waals surface area contributed by atoms with E-state index in [1.165, 1.54) is 0 Å². The monoisotopic (exact) mass is 142 g/mol. The number of nitrogens with two attached hydrogens (primary N) is 1. The van der Waals surface area contributed by atoms with Crippen LogP contribution in [-0.2, 0) is 4.74 Å². The number of rotatable bonds is 0. The summed E-state index contributed by atoms with van der Waals surface area (Å²) in [5.41, 5.74) is 6.03. The molecule has 2 rings (SSSR count). The predicted molar refractivity (Wildman–Crippen MR) is 38.7 cm³/mol. The molecule has 0 bridgehead atoms. The van der Waals surface area contributed by atoms with Crippen LogP contribution < -0.4 is 11.1 Å². The third kappa shape index (κ3) is 0.856. The molecule has 2 atom stereocenters. The topological polar surface area (TPSA) is 47.3 Å². The van der Waals surface area contributed by atoms with Gasteiger partial charge in [-0.15, -0.1) is 0 Å². The first kappa shape index (κ1) is 6.58. The number of fused-ring (bicyclic) bond motifs is 1. The normalized spacial score (nSPS) is 47.1. The van der Waals surface area contributed by atoms with Crippen LogP contribution in [0.4, 0.5) is 0 Å². The molecule has 0 aromatic rings. The molecule has 0 unspecified atom stereocenters. The Morgan fingerprint density at radius 2 is 2.50 bits per heavy atom. The van der Waals surface area contributed by atoms with Gasteiger partial charge in [0.15, 0.2) is 0 Å². The average Bonchev–Trinajstić information content (AvgIpc) is 2.29. The third-order valence-corrected chi connectivity index (χ3v) is 2.64. The van der Waals surface area contributed by atoms with Crippen molar-refractivity contribution in [2.45, 2.75) is 12.0 Å². The fourth-order valence-corrected chi connectivity index (χ4v) is 1.87. The number of hydrogen-bond acceptors (Lipinski definition) is 3. The molecular formula is C7H14N2O. The molecule has 0 amide bonds. The highest BCUT2D eigenvalue weighted by Crippen LogP contribution is 2.26.